The molecule has 174 valence electrons. The lowest BCUT2D eigenvalue weighted by atomic mass is 9.91. The second kappa shape index (κ2) is 13.2. The van der Waals surface area contributed by atoms with Crippen LogP contribution in [0.15, 0.2) is 23.7 Å². The number of nitrogens with one attached hydrogen (secondary N) is 2. The van der Waals surface area contributed by atoms with E-state index in [2.05, 4.69) is 24.8 Å². The van der Waals surface area contributed by atoms with Crippen molar-refractivity contribution >= 4 is 0 Å². The van der Waals surface area contributed by atoms with E-state index in [1.807, 2.05) is 6.20 Å². The van der Waals surface area contributed by atoms with Gasteiger partial charge in [-0.25, -0.2) is 0 Å². The van der Waals surface area contributed by atoms with Crippen molar-refractivity contribution in [3.8, 4) is 0 Å². The summed E-state index contributed by atoms with van der Waals surface area (Å²) >= 11 is 0. The van der Waals surface area contributed by atoms with Crippen LogP contribution in [0.2, 0.25) is 0 Å². The van der Waals surface area contributed by atoms with Crippen molar-refractivity contribution in [2.45, 2.75) is 96.2 Å². The second-order valence-electron chi connectivity index (χ2n) is 8.42. The number of rotatable bonds is 13. The largest absolute Gasteiger partial charge is 0.507 e. The van der Waals surface area contributed by atoms with E-state index in [1.54, 1.807) is 5.01 Å². The lowest BCUT2D eigenvalue weighted by molar-refractivity contribution is -0.180. The Morgan fingerprint density at radius 2 is 1.87 bits per heavy atom. The molecule has 1 unspecified atom stereocenters. The molecule has 2 aliphatic rings. The van der Waals surface area contributed by atoms with Gasteiger partial charge in [0.25, 0.3) is 0 Å². The molecule has 8 heteroatoms. The van der Waals surface area contributed by atoms with Crippen molar-refractivity contribution in [3.63, 3.8) is 0 Å². The number of aliphatic hydroxyl groups is 3. The lowest BCUT2D eigenvalue weighted by Crippen LogP contribution is -2.48. The molecule has 8 nitrogen and oxygen atoms in total. The first-order valence-corrected chi connectivity index (χ1v) is 11.4. The van der Waals surface area contributed by atoms with Crippen LogP contribution in [0.5, 0.6) is 0 Å². The van der Waals surface area contributed by atoms with E-state index in [-0.39, 0.29) is 12.3 Å². The fourth-order valence-corrected chi connectivity index (χ4v) is 4.01. The minimum Gasteiger partial charge on any atom is -0.507 e. The van der Waals surface area contributed by atoms with Crippen molar-refractivity contribution in [3.05, 3.63) is 23.7 Å². The Morgan fingerprint density at radius 1 is 1.13 bits per heavy atom. The van der Waals surface area contributed by atoms with Gasteiger partial charge >= 0.3 is 0 Å². The van der Waals surface area contributed by atoms with Gasteiger partial charge in [0.1, 0.15) is 24.1 Å². The number of unbranched alkanes of at least 4 members (excludes halogenated alkanes) is 4. The molecule has 30 heavy (non-hydrogen) atoms. The average Bonchev–Trinajstić information content (AvgIpc) is 3.14. The highest BCUT2D eigenvalue weighted by molar-refractivity contribution is 5.07. The van der Waals surface area contributed by atoms with Crippen LogP contribution < -0.4 is 11.0 Å². The van der Waals surface area contributed by atoms with Crippen LogP contribution in [0.3, 0.4) is 0 Å². The smallest absolute Gasteiger partial charge is 0.216 e. The molecule has 5 N–H and O–H groups in total. The van der Waals surface area contributed by atoms with E-state index in [0.29, 0.717) is 5.92 Å². The molecular formula is C22H41N3O5. The molecule has 0 fully saturated rings. The topological polar surface area (TPSA) is 106 Å². The van der Waals surface area contributed by atoms with Crippen LogP contribution in [0.4, 0.5) is 0 Å². The highest BCUT2D eigenvalue weighted by Gasteiger charge is 2.35. The molecule has 0 saturated heterocycles. The van der Waals surface area contributed by atoms with Gasteiger partial charge in [0, 0.05) is 19.0 Å². The first kappa shape index (κ1) is 24.9. The fraction of sp³-hybridized carbons (Fsp3) is 0.818. The molecule has 0 aliphatic carbocycles. The van der Waals surface area contributed by atoms with Gasteiger partial charge in [-0.2, -0.15) is 0 Å². The number of nitrogens with zero attached hydrogens (tertiary/aromatic N) is 1. The normalized spacial score (nSPS) is 28.0. The number of allylic oxidation sites excluding steroid dienone is 1. The van der Waals surface area contributed by atoms with Crippen molar-refractivity contribution in [1.82, 2.24) is 16.0 Å². The number of hydrogen-bond donors (Lipinski definition) is 5. The Labute approximate surface area is 180 Å². The summed E-state index contributed by atoms with van der Waals surface area (Å²) in [7, 11) is 1.40. The van der Waals surface area contributed by atoms with Crippen molar-refractivity contribution in [2.75, 3.05) is 13.7 Å². The van der Waals surface area contributed by atoms with Gasteiger partial charge in [-0.15, -0.1) is 5.53 Å². The van der Waals surface area contributed by atoms with E-state index in [9.17, 15) is 15.3 Å². The fourth-order valence-electron chi connectivity index (χ4n) is 4.01. The number of methoxy groups -OCH3 is 1. The maximum absolute atomic E-state index is 10.4. The van der Waals surface area contributed by atoms with Crippen molar-refractivity contribution in [2.24, 2.45) is 5.92 Å². The van der Waals surface area contributed by atoms with Gasteiger partial charge in [0.15, 0.2) is 0 Å². The zero-order valence-corrected chi connectivity index (χ0v) is 18.7. The molecule has 0 aromatic heterocycles. The van der Waals surface area contributed by atoms with E-state index < -0.39 is 24.6 Å². The Balaban J connectivity index is 1.91. The SMILES string of the molecule is CCCCCCC(CCCC)CC1=CN(C[C@H]2O[C@H](OC)C(O)=C[C@@H](O)[C@@H]2O)NN1. The summed E-state index contributed by atoms with van der Waals surface area (Å²) in [5.74, 6) is 0.417. The molecule has 5 atom stereocenters. The Hall–Kier alpha value is -1.32. The van der Waals surface area contributed by atoms with Gasteiger partial charge < -0.3 is 30.2 Å². The highest BCUT2D eigenvalue weighted by Crippen LogP contribution is 2.25. The monoisotopic (exact) mass is 427 g/mol. The molecule has 2 aliphatic heterocycles. The molecule has 0 bridgehead atoms. The third kappa shape index (κ3) is 7.74. The van der Waals surface area contributed by atoms with Crippen LogP contribution in [0.25, 0.3) is 0 Å². The zero-order valence-electron chi connectivity index (χ0n) is 18.7. The number of aliphatic hydroxyl groups excluding tert-OH is 3. The molecule has 0 saturated carbocycles. The molecule has 0 amide bonds. The molecule has 0 radical (unpaired) electrons. The molecule has 0 aromatic rings. The summed E-state index contributed by atoms with van der Waals surface area (Å²) in [6, 6.07) is 0. The maximum Gasteiger partial charge on any atom is 0.216 e. The van der Waals surface area contributed by atoms with Gasteiger partial charge in [0.2, 0.25) is 6.29 Å². The summed E-state index contributed by atoms with van der Waals surface area (Å²) in [6.07, 6.45) is 10.1. The Kier molecular flexibility index (Phi) is 11.0. The third-order valence-electron chi connectivity index (χ3n) is 5.82. The van der Waals surface area contributed by atoms with Gasteiger partial charge in [0.05, 0.1) is 6.54 Å². The summed E-state index contributed by atoms with van der Waals surface area (Å²) in [5.41, 5.74) is 7.42. The first-order valence-electron chi connectivity index (χ1n) is 11.4. The standard InChI is InChI=1S/C22H41N3O5/c1-4-6-8-9-11-16(10-7-5-2)12-17-14-25(24-23-17)15-20-21(28)18(26)13-19(27)22(29-3)30-20/h13-14,16,18,20-24,26-28H,4-12,15H2,1-3H3/t16?,18-,20-,21+,22+/m1/s1. The quantitative estimate of drug-likeness (QED) is 0.286. The van der Waals surface area contributed by atoms with Gasteiger partial charge in [-0.05, 0) is 18.4 Å². The number of ether oxygens (including phenoxy) is 2. The van der Waals surface area contributed by atoms with E-state index in [0.717, 1.165) is 18.2 Å². The van der Waals surface area contributed by atoms with E-state index in [1.165, 1.54) is 58.5 Å². The molecule has 0 aromatic carbocycles. The summed E-state index contributed by atoms with van der Waals surface area (Å²) < 4.78 is 10.8. The summed E-state index contributed by atoms with van der Waals surface area (Å²) in [4.78, 5) is 0. The number of hydrazine groups is 2. The maximum atomic E-state index is 10.4. The number of hydrogen-bond acceptors (Lipinski definition) is 8. The third-order valence-corrected chi connectivity index (χ3v) is 5.82. The summed E-state index contributed by atoms with van der Waals surface area (Å²) in [6.45, 7) is 4.75. The average molecular weight is 428 g/mol. The van der Waals surface area contributed by atoms with Crippen molar-refractivity contribution < 1.29 is 24.8 Å². The van der Waals surface area contributed by atoms with Crippen LogP contribution in [-0.2, 0) is 9.47 Å². The molecule has 2 heterocycles. The lowest BCUT2D eigenvalue weighted by Gasteiger charge is -2.28. The van der Waals surface area contributed by atoms with Gasteiger partial charge in [-0.1, -0.05) is 65.2 Å². The first-order chi connectivity index (χ1) is 14.5. The van der Waals surface area contributed by atoms with Crippen LogP contribution in [0.1, 0.15) is 71.6 Å². The highest BCUT2D eigenvalue weighted by atomic mass is 16.7. The second-order valence-corrected chi connectivity index (χ2v) is 8.42. The Bertz CT molecular complexity index is 557. The molecular weight excluding hydrogens is 386 g/mol. The minimum atomic E-state index is -1.23. The predicted molar refractivity (Wildman–Crippen MR) is 116 cm³/mol. The van der Waals surface area contributed by atoms with Gasteiger partial charge in [-0.3, -0.25) is 5.01 Å². The van der Waals surface area contributed by atoms with Crippen LogP contribution in [0, 0.1) is 5.92 Å². The minimum absolute atomic E-state index is 0.239. The summed E-state index contributed by atoms with van der Waals surface area (Å²) in [5, 5.41) is 32.2. The molecule has 0 spiro atoms. The van der Waals surface area contributed by atoms with Crippen LogP contribution in [-0.4, -0.2) is 58.6 Å². The predicted octanol–water partition coefficient (Wildman–Crippen LogP) is 2.85. The van der Waals surface area contributed by atoms with E-state index in [4.69, 9.17) is 9.47 Å². The van der Waals surface area contributed by atoms with Crippen LogP contribution >= 0.6 is 0 Å². The van der Waals surface area contributed by atoms with E-state index >= 15 is 0 Å². The van der Waals surface area contributed by atoms with Crippen molar-refractivity contribution in [1.29, 1.82) is 0 Å². The zero-order chi connectivity index (χ0) is 21.9. The Morgan fingerprint density at radius 3 is 2.57 bits per heavy atom. The molecule has 2 rings (SSSR count).